The first-order valence-corrected chi connectivity index (χ1v) is 9.30. The second-order valence-electron chi connectivity index (χ2n) is 6.69. The van der Waals surface area contributed by atoms with Crippen LogP contribution in [0.4, 0.5) is 5.69 Å². The van der Waals surface area contributed by atoms with E-state index in [4.69, 9.17) is 32.7 Å². The average Bonchev–Trinajstić information content (AvgIpc) is 3.43. The van der Waals surface area contributed by atoms with Crippen LogP contribution >= 0.6 is 23.2 Å². The Morgan fingerprint density at radius 3 is 2.35 bits per heavy atom. The largest absolute Gasteiger partial charge is 0.496 e. The lowest BCUT2D eigenvalue weighted by Gasteiger charge is -2.16. The second-order valence-corrected chi connectivity index (χ2v) is 7.51. The minimum absolute atomic E-state index is 0.00234. The minimum Gasteiger partial charge on any atom is -0.496 e. The van der Waals surface area contributed by atoms with Crippen molar-refractivity contribution in [2.75, 3.05) is 12.4 Å². The van der Waals surface area contributed by atoms with Crippen molar-refractivity contribution < 1.29 is 14.3 Å². The molecule has 0 saturated heterocycles. The number of halogens is 2. The van der Waals surface area contributed by atoms with Gasteiger partial charge in [-0.15, -0.1) is 0 Å². The highest BCUT2D eigenvalue weighted by molar-refractivity contribution is 6.37. The topological polar surface area (TPSA) is 47.6 Å². The number of amides is 1. The van der Waals surface area contributed by atoms with E-state index in [9.17, 15) is 4.79 Å². The predicted molar refractivity (Wildman–Crippen MR) is 105 cm³/mol. The number of nitrogens with one attached hydrogen (secondary N) is 1. The summed E-state index contributed by atoms with van der Waals surface area (Å²) in [4.78, 5) is 11.9. The Bertz CT molecular complexity index is 809. The second kappa shape index (κ2) is 7.77. The van der Waals surface area contributed by atoms with Crippen LogP contribution in [0.1, 0.15) is 38.2 Å². The van der Waals surface area contributed by atoms with Crippen molar-refractivity contribution in [1.82, 2.24) is 0 Å². The molecule has 0 aliphatic heterocycles. The fourth-order valence-corrected chi connectivity index (χ4v) is 3.23. The number of ether oxygens (including phenoxy) is 2. The monoisotopic (exact) mass is 393 g/mol. The van der Waals surface area contributed by atoms with E-state index >= 15 is 0 Å². The summed E-state index contributed by atoms with van der Waals surface area (Å²) in [5.74, 6) is 2.17. The zero-order valence-corrected chi connectivity index (χ0v) is 16.4. The lowest BCUT2D eigenvalue weighted by atomic mass is 10.0. The third kappa shape index (κ3) is 4.25. The third-order valence-corrected chi connectivity index (χ3v) is 4.82. The number of carbonyl (C=O) groups is 1. The molecule has 1 saturated carbocycles. The van der Waals surface area contributed by atoms with Crippen LogP contribution in [-0.2, 0) is 4.79 Å². The van der Waals surface area contributed by atoms with Crippen LogP contribution in [0.25, 0.3) is 0 Å². The summed E-state index contributed by atoms with van der Waals surface area (Å²) in [5.41, 5.74) is 1.60. The van der Waals surface area contributed by atoms with E-state index < -0.39 is 0 Å². The molecule has 0 spiro atoms. The number of rotatable bonds is 6. The quantitative estimate of drug-likeness (QED) is 0.629. The van der Waals surface area contributed by atoms with Gasteiger partial charge in [0.25, 0.3) is 0 Å². The molecule has 0 atom stereocenters. The van der Waals surface area contributed by atoms with Gasteiger partial charge >= 0.3 is 0 Å². The van der Waals surface area contributed by atoms with Crippen molar-refractivity contribution in [2.24, 2.45) is 5.92 Å². The van der Waals surface area contributed by atoms with Gasteiger partial charge in [-0.25, -0.2) is 0 Å². The fraction of sp³-hybridized carbons (Fsp3) is 0.350. The van der Waals surface area contributed by atoms with Crippen LogP contribution in [0, 0.1) is 5.92 Å². The van der Waals surface area contributed by atoms with Gasteiger partial charge in [0.05, 0.1) is 17.2 Å². The molecule has 0 unspecified atom stereocenters. The third-order valence-electron chi connectivity index (χ3n) is 4.26. The number of hydrogen-bond donors (Lipinski definition) is 1. The van der Waals surface area contributed by atoms with Crippen molar-refractivity contribution in [1.29, 1.82) is 0 Å². The van der Waals surface area contributed by atoms with E-state index in [0.29, 0.717) is 27.2 Å². The molecule has 138 valence electrons. The number of methoxy groups -OCH3 is 1. The maximum atomic E-state index is 11.9. The summed E-state index contributed by atoms with van der Waals surface area (Å²) >= 11 is 12.7. The Morgan fingerprint density at radius 2 is 1.81 bits per heavy atom. The zero-order valence-electron chi connectivity index (χ0n) is 14.9. The molecule has 0 heterocycles. The first-order chi connectivity index (χ1) is 12.4. The van der Waals surface area contributed by atoms with Gasteiger partial charge in [-0.2, -0.15) is 0 Å². The van der Waals surface area contributed by atoms with Crippen LogP contribution in [0.5, 0.6) is 17.2 Å². The van der Waals surface area contributed by atoms with Crippen LogP contribution < -0.4 is 14.8 Å². The summed E-state index contributed by atoms with van der Waals surface area (Å²) in [5, 5.41) is 3.51. The van der Waals surface area contributed by atoms with Crippen LogP contribution in [0.3, 0.4) is 0 Å². The number of benzene rings is 2. The van der Waals surface area contributed by atoms with E-state index in [1.54, 1.807) is 25.3 Å². The molecule has 1 fully saturated rings. The Labute approximate surface area is 163 Å². The van der Waals surface area contributed by atoms with Gasteiger partial charge in [-0.05, 0) is 49.1 Å². The molecule has 1 aliphatic carbocycles. The van der Waals surface area contributed by atoms with Gasteiger partial charge in [0, 0.05) is 17.2 Å². The molecular formula is C20H21Cl2NO3. The minimum atomic E-state index is 0.00234. The molecule has 1 aliphatic rings. The van der Waals surface area contributed by atoms with Gasteiger partial charge < -0.3 is 14.8 Å². The molecule has 4 nitrogen and oxygen atoms in total. The van der Waals surface area contributed by atoms with Gasteiger partial charge in [0.1, 0.15) is 11.5 Å². The number of carbonyl (C=O) groups excluding carboxylic acids is 1. The summed E-state index contributed by atoms with van der Waals surface area (Å²) in [6.07, 6.45) is 1.87. The molecule has 1 N–H and O–H groups in total. The van der Waals surface area contributed by atoms with E-state index in [2.05, 4.69) is 19.2 Å². The van der Waals surface area contributed by atoms with E-state index in [-0.39, 0.29) is 17.7 Å². The van der Waals surface area contributed by atoms with E-state index in [0.717, 1.165) is 24.2 Å². The number of anilines is 1. The van der Waals surface area contributed by atoms with Crippen molar-refractivity contribution in [3.05, 3.63) is 45.9 Å². The van der Waals surface area contributed by atoms with Gasteiger partial charge in [-0.3, -0.25) is 4.79 Å². The maximum Gasteiger partial charge on any atom is 0.227 e. The lowest BCUT2D eigenvalue weighted by Crippen LogP contribution is -2.13. The Morgan fingerprint density at radius 1 is 1.15 bits per heavy atom. The lowest BCUT2D eigenvalue weighted by molar-refractivity contribution is -0.117. The van der Waals surface area contributed by atoms with Gasteiger partial charge in [-0.1, -0.05) is 37.0 Å². The average molecular weight is 394 g/mol. The van der Waals surface area contributed by atoms with Crippen molar-refractivity contribution in [2.45, 2.75) is 32.6 Å². The molecule has 0 aromatic heterocycles. The van der Waals surface area contributed by atoms with E-state index in [1.807, 2.05) is 12.1 Å². The maximum absolute atomic E-state index is 11.9. The van der Waals surface area contributed by atoms with Gasteiger partial charge in [0.15, 0.2) is 5.75 Å². The highest BCUT2D eigenvalue weighted by atomic mass is 35.5. The summed E-state index contributed by atoms with van der Waals surface area (Å²) in [6.45, 7) is 4.16. The van der Waals surface area contributed by atoms with Crippen LogP contribution in [-0.4, -0.2) is 13.0 Å². The Balaban J connectivity index is 1.83. The Hall–Kier alpha value is -1.91. The molecule has 1 amide bonds. The highest BCUT2D eigenvalue weighted by Gasteiger charge is 2.29. The first-order valence-electron chi connectivity index (χ1n) is 8.54. The molecule has 6 heteroatoms. The summed E-state index contributed by atoms with van der Waals surface area (Å²) in [6, 6.07) is 8.88. The molecule has 2 aromatic rings. The standard InChI is InChI=1S/C20H21Cl2NO3/c1-11(2)15-10-14(6-7-18(15)25-3)26-19-16(21)8-13(9-17(19)22)23-20(24)12-4-5-12/h6-12H,4-5H2,1-3H3,(H,23,24). The molecule has 3 rings (SSSR count). The number of hydrogen-bond acceptors (Lipinski definition) is 3. The molecule has 26 heavy (non-hydrogen) atoms. The first kappa shape index (κ1) is 18.9. The fourth-order valence-electron chi connectivity index (χ4n) is 2.66. The Kier molecular flexibility index (Phi) is 5.64. The molecule has 0 bridgehead atoms. The SMILES string of the molecule is COc1ccc(Oc2c(Cl)cc(NC(=O)C3CC3)cc2Cl)cc1C(C)C. The normalized spacial score (nSPS) is 13.6. The van der Waals surface area contributed by atoms with E-state index in [1.165, 1.54) is 0 Å². The van der Waals surface area contributed by atoms with Crippen molar-refractivity contribution >= 4 is 34.8 Å². The van der Waals surface area contributed by atoms with Crippen molar-refractivity contribution in [3.8, 4) is 17.2 Å². The molecule has 0 radical (unpaired) electrons. The van der Waals surface area contributed by atoms with Crippen LogP contribution in [0.15, 0.2) is 30.3 Å². The van der Waals surface area contributed by atoms with Crippen LogP contribution in [0.2, 0.25) is 10.0 Å². The zero-order chi connectivity index (χ0) is 18.8. The molecular weight excluding hydrogens is 373 g/mol. The highest BCUT2D eigenvalue weighted by Crippen LogP contribution is 2.41. The predicted octanol–water partition coefficient (Wildman–Crippen LogP) is 6.27. The van der Waals surface area contributed by atoms with Gasteiger partial charge in [0.2, 0.25) is 5.91 Å². The smallest absolute Gasteiger partial charge is 0.227 e. The molecule has 2 aromatic carbocycles. The van der Waals surface area contributed by atoms with Crippen molar-refractivity contribution in [3.63, 3.8) is 0 Å². The summed E-state index contributed by atoms with van der Waals surface area (Å²) in [7, 11) is 1.64. The summed E-state index contributed by atoms with van der Waals surface area (Å²) < 4.78 is 11.3.